The number of ether oxygens (including phenoxy) is 1. The van der Waals surface area contributed by atoms with E-state index in [1.165, 1.54) is 50.5 Å². The van der Waals surface area contributed by atoms with Gasteiger partial charge in [0.1, 0.15) is 12.4 Å². The SMILES string of the molecule is CN(C)S(=O)(=O)c1ccc(OCCN2CCN(C(=O)CC3CCCCC3)CC2)cc1. The minimum absolute atomic E-state index is 0.258. The van der Waals surface area contributed by atoms with Crippen molar-refractivity contribution in [3.63, 3.8) is 0 Å². The number of benzene rings is 1. The maximum atomic E-state index is 12.5. The quantitative estimate of drug-likeness (QED) is 0.625. The largest absolute Gasteiger partial charge is 0.492 e. The molecule has 2 aliphatic rings. The second-order valence-electron chi connectivity index (χ2n) is 8.54. The molecule has 1 saturated carbocycles. The van der Waals surface area contributed by atoms with Crippen molar-refractivity contribution >= 4 is 15.9 Å². The Morgan fingerprint density at radius 3 is 2.27 bits per heavy atom. The van der Waals surface area contributed by atoms with Crippen LogP contribution < -0.4 is 4.74 Å². The van der Waals surface area contributed by atoms with Crippen LogP contribution >= 0.6 is 0 Å². The number of amides is 1. The highest BCUT2D eigenvalue weighted by molar-refractivity contribution is 7.89. The number of rotatable bonds is 8. The highest BCUT2D eigenvalue weighted by Crippen LogP contribution is 2.27. The Hall–Kier alpha value is -1.64. The Bertz CT molecular complexity index is 781. The maximum absolute atomic E-state index is 12.5. The molecular weight excluding hydrogens is 402 g/mol. The second-order valence-corrected chi connectivity index (χ2v) is 10.7. The summed E-state index contributed by atoms with van der Waals surface area (Å²) in [6.07, 6.45) is 7.03. The van der Waals surface area contributed by atoms with Crippen molar-refractivity contribution in [2.45, 2.75) is 43.4 Å². The molecule has 0 N–H and O–H groups in total. The van der Waals surface area contributed by atoms with Crippen LogP contribution in [0.15, 0.2) is 29.2 Å². The molecule has 2 fully saturated rings. The van der Waals surface area contributed by atoms with E-state index >= 15 is 0 Å². The van der Waals surface area contributed by atoms with Gasteiger partial charge in [0.2, 0.25) is 15.9 Å². The molecule has 1 aromatic rings. The molecule has 0 bridgehead atoms. The van der Waals surface area contributed by atoms with Crippen LogP contribution in [0.5, 0.6) is 5.75 Å². The summed E-state index contributed by atoms with van der Waals surface area (Å²) in [5.74, 6) is 1.58. The molecule has 0 radical (unpaired) electrons. The number of carbonyl (C=O) groups is 1. The van der Waals surface area contributed by atoms with Gasteiger partial charge in [-0.2, -0.15) is 0 Å². The fraction of sp³-hybridized carbons (Fsp3) is 0.682. The molecule has 0 unspecified atom stereocenters. The molecule has 8 heteroatoms. The van der Waals surface area contributed by atoms with E-state index in [1.807, 2.05) is 4.90 Å². The number of sulfonamides is 1. The molecule has 3 rings (SSSR count). The van der Waals surface area contributed by atoms with E-state index in [4.69, 9.17) is 4.74 Å². The Morgan fingerprint density at radius 1 is 1.03 bits per heavy atom. The smallest absolute Gasteiger partial charge is 0.242 e. The van der Waals surface area contributed by atoms with Gasteiger partial charge < -0.3 is 9.64 Å². The van der Waals surface area contributed by atoms with E-state index < -0.39 is 10.0 Å². The molecule has 30 heavy (non-hydrogen) atoms. The van der Waals surface area contributed by atoms with Gasteiger partial charge in [0.05, 0.1) is 4.90 Å². The zero-order valence-corrected chi connectivity index (χ0v) is 19.1. The summed E-state index contributed by atoms with van der Waals surface area (Å²) in [6, 6.07) is 6.53. The Labute approximate surface area is 181 Å². The van der Waals surface area contributed by atoms with Crippen LogP contribution in [-0.4, -0.2) is 81.9 Å². The van der Waals surface area contributed by atoms with Crippen LogP contribution in [0.4, 0.5) is 0 Å². The van der Waals surface area contributed by atoms with Crippen molar-refractivity contribution < 1.29 is 17.9 Å². The van der Waals surface area contributed by atoms with Crippen molar-refractivity contribution in [1.29, 1.82) is 0 Å². The van der Waals surface area contributed by atoms with Gasteiger partial charge in [0.15, 0.2) is 0 Å². The predicted molar refractivity (Wildman–Crippen MR) is 117 cm³/mol. The van der Waals surface area contributed by atoms with E-state index in [1.54, 1.807) is 24.3 Å². The second kappa shape index (κ2) is 10.6. The first kappa shape index (κ1) is 23.0. The van der Waals surface area contributed by atoms with Crippen LogP contribution in [0, 0.1) is 5.92 Å². The van der Waals surface area contributed by atoms with Crippen LogP contribution in [0.3, 0.4) is 0 Å². The van der Waals surface area contributed by atoms with Gasteiger partial charge in [-0.05, 0) is 43.0 Å². The van der Waals surface area contributed by atoms with Gasteiger partial charge in [-0.1, -0.05) is 19.3 Å². The molecule has 1 heterocycles. The topological polar surface area (TPSA) is 70.2 Å². The lowest BCUT2D eigenvalue weighted by Crippen LogP contribution is -2.49. The Morgan fingerprint density at radius 2 is 1.67 bits per heavy atom. The summed E-state index contributed by atoms with van der Waals surface area (Å²) < 4.78 is 31.2. The molecule has 1 aliphatic heterocycles. The van der Waals surface area contributed by atoms with Crippen LogP contribution in [-0.2, 0) is 14.8 Å². The zero-order chi connectivity index (χ0) is 21.6. The molecule has 0 atom stereocenters. The summed E-state index contributed by atoms with van der Waals surface area (Å²) in [6.45, 7) is 4.67. The fourth-order valence-corrected chi connectivity index (χ4v) is 5.10. The molecule has 1 saturated heterocycles. The highest BCUT2D eigenvalue weighted by atomic mass is 32.2. The molecule has 1 aliphatic carbocycles. The van der Waals surface area contributed by atoms with Gasteiger partial charge in [-0.25, -0.2) is 12.7 Å². The van der Waals surface area contributed by atoms with Crippen LogP contribution in [0.25, 0.3) is 0 Å². The third-order valence-electron chi connectivity index (χ3n) is 6.19. The third kappa shape index (κ3) is 6.18. The summed E-state index contributed by atoms with van der Waals surface area (Å²) in [5, 5.41) is 0. The molecule has 1 aromatic carbocycles. The zero-order valence-electron chi connectivity index (χ0n) is 18.3. The van der Waals surface area contributed by atoms with Crippen molar-refractivity contribution in [2.24, 2.45) is 5.92 Å². The van der Waals surface area contributed by atoms with Crippen LogP contribution in [0.1, 0.15) is 38.5 Å². The lowest BCUT2D eigenvalue weighted by Gasteiger charge is -2.35. The number of piperazine rings is 1. The molecule has 168 valence electrons. The molecule has 7 nitrogen and oxygen atoms in total. The van der Waals surface area contributed by atoms with E-state index in [9.17, 15) is 13.2 Å². The highest BCUT2D eigenvalue weighted by Gasteiger charge is 2.24. The lowest BCUT2D eigenvalue weighted by atomic mass is 9.86. The summed E-state index contributed by atoms with van der Waals surface area (Å²) in [4.78, 5) is 17.1. The first-order chi connectivity index (χ1) is 14.4. The average Bonchev–Trinajstić information content (AvgIpc) is 2.75. The number of carbonyl (C=O) groups excluding carboxylic acids is 1. The van der Waals surface area contributed by atoms with Gasteiger partial charge in [-0.3, -0.25) is 9.69 Å². The maximum Gasteiger partial charge on any atom is 0.242 e. The number of hydrogen-bond donors (Lipinski definition) is 0. The lowest BCUT2D eigenvalue weighted by molar-refractivity contribution is -0.134. The van der Waals surface area contributed by atoms with E-state index in [2.05, 4.69) is 4.90 Å². The van der Waals surface area contributed by atoms with E-state index in [0.717, 1.165) is 39.1 Å². The molecule has 0 spiro atoms. The normalized spacial score (nSPS) is 19.2. The van der Waals surface area contributed by atoms with Gasteiger partial charge in [-0.15, -0.1) is 0 Å². The van der Waals surface area contributed by atoms with Crippen molar-refractivity contribution in [2.75, 3.05) is 53.4 Å². The minimum Gasteiger partial charge on any atom is -0.492 e. The van der Waals surface area contributed by atoms with Crippen molar-refractivity contribution in [3.05, 3.63) is 24.3 Å². The molecule has 0 aromatic heterocycles. The summed E-state index contributed by atoms with van der Waals surface area (Å²) in [5.41, 5.74) is 0. The van der Waals surface area contributed by atoms with E-state index in [0.29, 0.717) is 24.2 Å². The predicted octanol–water partition coefficient (Wildman–Crippen LogP) is 2.43. The van der Waals surface area contributed by atoms with Gasteiger partial charge in [0.25, 0.3) is 0 Å². The first-order valence-corrected chi connectivity index (χ1v) is 12.5. The Kier molecular flexibility index (Phi) is 8.13. The summed E-state index contributed by atoms with van der Waals surface area (Å²) in [7, 11) is -0.382. The Balaban J connectivity index is 1.36. The fourth-order valence-electron chi connectivity index (χ4n) is 4.20. The van der Waals surface area contributed by atoms with Gasteiger partial charge in [0, 0.05) is 53.2 Å². The number of hydrogen-bond acceptors (Lipinski definition) is 5. The monoisotopic (exact) mass is 437 g/mol. The van der Waals surface area contributed by atoms with E-state index in [-0.39, 0.29) is 4.90 Å². The molecular formula is C22H35N3O4S. The van der Waals surface area contributed by atoms with Crippen molar-refractivity contribution in [1.82, 2.24) is 14.1 Å². The standard InChI is InChI=1S/C22H35N3O4S/c1-23(2)30(27,28)21-10-8-20(9-11-21)29-17-16-24-12-14-25(15-13-24)22(26)18-19-6-4-3-5-7-19/h8-11,19H,3-7,12-18H2,1-2H3. The van der Waals surface area contributed by atoms with Crippen molar-refractivity contribution in [3.8, 4) is 5.75 Å². The minimum atomic E-state index is -3.42. The third-order valence-corrected chi connectivity index (χ3v) is 8.02. The first-order valence-electron chi connectivity index (χ1n) is 11.0. The molecule has 1 amide bonds. The summed E-state index contributed by atoms with van der Waals surface area (Å²) >= 11 is 0. The average molecular weight is 438 g/mol. The number of nitrogens with zero attached hydrogens (tertiary/aromatic N) is 3. The van der Waals surface area contributed by atoms with Gasteiger partial charge >= 0.3 is 0 Å². The van der Waals surface area contributed by atoms with Crippen LogP contribution in [0.2, 0.25) is 0 Å².